The van der Waals surface area contributed by atoms with Gasteiger partial charge in [0.15, 0.2) is 0 Å². The first-order valence-corrected chi connectivity index (χ1v) is 8.89. The molecule has 0 aliphatic heterocycles. The number of thiazole rings is 1. The van der Waals surface area contributed by atoms with Gasteiger partial charge in [-0.25, -0.2) is 4.98 Å². The van der Waals surface area contributed by atoms with Crippen molar-refractivity contribution in [1.29, 1.82) is 0 Å². The van der Waals surface area contributed by atoms with Crippen molar-refractivity contribution in [2.45, 2.75) is 6.92 Å². The van der Waals surface area contributed by atoms with Gasteiger partial charge in [0, 0.05) is 20.8 Å². The van der Waals surface area contributed by atoms with Gasteiger partial charge in [-0.1, -0.05) is 23.2 Å². The van der Waals surface area contributed by atoms with Gasteiger partial charge in [0.05, 0.1) is 16.9 Å². The molecule has 1 aromatic carbocycles. The molecule has 0 radical (unpaired) electrons. The summed E-state index contributed by atoms with van der Waals surface area (Å²) in [6, 6.07) is 7.44. The van der Waals surface area contributed by atoms with E-state index in [1.165, 1.54) is 16.9 Å². The van der Waals surface area contributed by atoms with Gasteiger partial charge < -0.3 is 0 Å². The van der Waals surface area contributed by atoms with E-state index in [0.717, 1.165) is 16.1 Å². The fourth-order valence-electron chi connectivity index (χ4n) is 1.81. The van der Waals surface area contributed by atoms with E-state index in [2.05, 4.69) is 28.5 Å². The number of benzene rings is 1. The van der Waals surface area contributed by atoms with E-state index in [0.29, 0.717) is 15.2 Å². The van der Waals surface area contributed by atoms with Gasteiger partial charge in [-0.05, 0) is 42.1 Å². The highest BCUT2D eigenvalue weighted by Crippen LogP contribution is 2.32. The van der Waals surface area contributed by atoms with Crippen LogP contribution in [0.4, 0.5) is 5.13 Å². The maximum Gasteiger partial charge on any atom is 0.203 e. The fourth-order valence-corrected chi connectivity index (χ4v) is 3.76. The van der Waals surface area contributed by atoms with Crippen LogP contribution >= 0.6 is 45.9 Å². The molecule has 0 fully saturated rings. The first-order valence-electron chi connectivity index (χ1n) is 6.37. The average Bonchev–Trinajstić information content (AvgIpc) is 3.09. The molecule has 7 heteroatoms. The molecule has 0 atom stereocenters. The Morgan fingerprint density at radius 1 is 1.23 bits per heavy atom. The van der Waals surface area contributed by atoms with Crippen LogP contribution in [0.2, 0.25) is 10.0 Å². The first-order chi connectivity index (χ1) is 10.6. The lowest BCUT2D eigenvalue weighted by Crippen LogP contribution is -1.89. The molecule has 112 valence electrons. The van der Waals surface area contributed by atoms with Crippen LogP contribution in [-0.4, -0.2) is 11.2 Å². The van der Waals surface area contributed by atoms with Crippen molar-refractivity contribution in [2.24, 2.45) is 5.10 Å². The minimum atomic E-state index is 0.585. The Bertz CT molecular complexity index is 824. The lowest BCUT2D eigenvalue weighted by molar-refractivity contribution is 1.29. The Morgan fingerprint density at radius 3 is 2.82 bits per heavy atom. The topological polar surface area (TPSA) is 37.3 Å². The summed E-state index contributed by atoms with van der Waals surface area (Å²) in [5.74, 6) is 0. The van der Waals surface area contributed by atoms with Gasteiger partial charge in [-0.2, -0.15) is 5.10 Å². The van der Waals surface area contributed by atoms with Crippen molar-refractivity contribution >= 4 is 57.2 Å². The van der Waals surface area contributed by atoms with Gasteiger partial charge in [-0.3, -0.25) is 5.43 Å². The first kappa shape index (κ1) is 15.5. The maximum absolute atomic E-state index is 6.19. The van der Waals surface area contributed by atoms with Crippen LogP contribution < -0.4 is 5.43 Å². The van der Waals surface area contributed by atoms with Crippen molar-refractivity contribution in [3.63, 3.8) is 0 Å². The number of hydrazone groups is 1. The summed E-state index contributed by atoms with van der Waals surface area (Å²) in [5.41, 5.74) is 5.81. The van der Waals surface area contributed by atoms with Crippen LogP contribution in [0.3, 0.4) is 0 Å². The van der Waals surface area contributed by atoms with Crippen LogP contribution in [0, 0.1) is 6.92 Å². The Labute approximate surface area is 146 Å². The Hall–Kier alpha value is -1.40. The molecule has 0 bridgehead atoms. The summed E-state index contributed by atoms with van der Waals surface area (Å²) in [5, 5.41) is 10.1. The summed E-state index contributed by atoms with van der Waals surface area (Å²) in [6.45, 7) is 2.06. The highest BCUT2D eigenvalue weighted by Gasteiger charge is 2.08. The van der Waals surface area contributed by atoms with E-state index in [4.69, 9.17) is 23.2 Å². The van der Waals surface area contributed by atoms with Crippen molar-refractivity contribution in [3.8, 4) is 11.3 Å². The molecule has 3 nitrogen and oxygen atoms in total. The molecule has 0 saturated heterocycles. The van der Waals surface area contributed by atoms with Crippen LogP contribution in [0.15, 0.2) is 40.1 Å². The number of thiophene rings is 1. The molecule has 0 saturated carbocycles. The second-order valence-electron chi connectivity index (χ2n) is 4.50. The monoisotopic (exact) mass is 367 g/mol. The standard InChI is InChI=1S/C15H11Cl2N3S2/c1-9-4-5-21-14(9)7-18-20-15-19-13(8-22-15)11-3-2-10(16)6-12(11)17/h2-8H,1H3,(H,19,20). The summed E-state index contributed by atoms with van der Waals surface area (Å²) in [6.07, 6.45) is 1.80. The third-order valence-electron chi connectivity index (χ3n) is 2.95. The third kappa shape index (κ3) is 3.50. The molecular weight excluding hydrogens is 357 g/mol. The normalized spacial score (nSPS) is 11.2. The number of nitrogens with one attached hydrogen (secondary N) is 1. The van der Waals surface area contributed by atoms with E-state index in [1.54, 1.807) is 29.7 Å². The SMILES string of the molecule is Cc1ccsc1C=NNc1nc(-c2ccc(Cl)cc2Cl)cs1. The molecule has 0 unspecified atom stereocenters. The number of anilines is 1. The van der Waals surface area contributed by atoms with Crippen LogP contribution in [0.5, 0.6) is 0 Å². The molecular formula is C15H11Cl2N3S2. The smallest absolute Gasteiger partial charge is 0.203 e. The van der Waals surface area contributed by atoms with Crippen LogP contribution in [0.25, 0.3) is 11.3 Å². The second kappa shape index (κ2) is 6.79. The zero-order valence-electron chi connectivity index (χ0n) is 11.5. The van der Waals surface area contributed by atoms with E-state index >= 15 is 0 Å². The number of aromatic nitrogens is 1. The highest BCUT2D eigenvalue weighted by atomic mass is 35.5. The number of rotatable bonds is 4. The highest BCUT2D eigenvalue weighted by molar-refractivity contribution is 7.14. The predicted molar refractivity (Wildman–Crippen MR) is 97.8 cm³/mol. The summed E-state index contributed by atoms with van der Waals surface area (Å²) in [7, 11) is 0. The zero-order chi connectivity index (χ0) is 15.5. The summed E-state index contributed by atoms with van der Waals surface area (Å²) in [4.78, 5) is 5.61. The molecule has 3 aromatic rings. The van der Waals surface area contributed by atoms with Crippen LogP contribution in [0.1, 0.15) is 10.4 Å². The van der Waals surface area contributed by atoms with Crippen molar-refractivity contribution in [3.05, 3.63) is 55.5 Å². The van der Waals surface area contributed by atoms with Crippen molar-refractivity contribution < 1.29 is 0 Å². The van der Waals surface area contributed by atoms with Crippen molar-refractivity contribution in [1.82, 2.24) is 4.98 Å². The average molecular weight is 368 g/mol. The summed E-state index contributed by atoms with van der Waals surface area (Å²) < 4.78 is 0. The molecule has 2 heterocycles. The van der Waals surface area contributed by atoms with Gasteiger partial charge in [0.1, 0.15) is 0 Å². The van der Waals surface area contributed by atoms with Gasteiger partial charge >= 0.3 is 0 Å². The Balaban J connectivity index is 1.74. The number of halogens is 2. The minimum absolute atomic E-state index is 0.585. The number of nitrogens with zero attached hydrogens (tertiary/aromatic N) is 2. The third-order valence-corrected chi connectivity index (χ3v) is 5.20. The molecule has 0 amide bonds. The quantitative estimate of drug-likeness (QED) is 0.458. The van der Waals surface area contributed by atoms with E-state index in [9.17, 15) is 0 Å². The summed E-state index contributed by atoms with van der Waals surface area (Å²) >= 11 is 15.2. The van der Waals surface area contributed by atoms with Gasteiger partial charge in [-0.15, -0.1) is 22.7 Å². The van der Waals surface area contributed by atoms with Gasteiger partial charge in [0.25, 0.3) is 0 Å². The molecule has 22 heavy (non-hydrogen) atoms. The molecule has 0 aliphatic carbocycles. The Kier molecular flexibility index (Phi) is 4.78. The minimum Gasteiger partial charge on any atom is -0.253 e. The van der Waals surface area contributed by atoms with Crippen molar-refractivity contribution in [2.75, 3.05) is 5.43 Å². The lowest BCUT2D eigenvalue weighted by atomic mass is 10.2. The van der Waals surface area contributed by atoms with E-state index in [-0.39, 0.29) is 0 Å². The Morgan fingerprint density at radius 2 is 2.09 bits per heavy atom. The molecule has 0 spiro atoms. The zero-order valence-corrected chi connectivity index (χ0v) is 14.7. The number of hydrogen-bond acceptors (Lipinski definition) is 5. The molecule has 2 aromatic heterocycles. The second-order valence-corrected chi connectivity index (χ2v) is 7.15. The molecule has 1 N–H and O–H groups in total. The van der Waals surface area contributed by atoms with Crippen LogP contribution in [-0.2, 0) is 0 Å². The largest absolute Gasteiger partial charge is 0.253 e. The van der Waals surface area contributed by atoms with E-state index < -0.39 is 0 Å². The maximum atomic E-state index is 6.19. The number of hydrogen-bond donors (Lipinski definition) is 1. The number of aryl methyl sites for hydroxylation is 1. The van der Waals surface area contributed by atoms with E-state index in [1.807, 2.05) is 16.8 Å². The fraction of sp³-hybridized carbons (Fsp3) is 0.0667. The molecule has 0 aliphatic rings. The predicted octanol–water partition coefficient (Wildman–Crippen LogP) is 5.93. The molecule has 3 rings (SSSR count). The lowest BCUT2D eigenvalue weighted by Gasteiger charge is -2.00. The van der Waals surface area contributed by atoms with Gasteiger partial charge in [0.2, 0.25) is 5.13 Å².